The van der Waals surface area contributed by atoms with Gasteiger partial charge in [0, 0.05) is 0 Å². The molecule has 0 aromatic rings. The van der Waals surface area contributed by atoms with Crippen molar-refractivity contribution >= 4 is 0 Å². The molecular weight excluding hydrogens is 180 g/mol. The lowest BCUT2D eigenvalue weighted by atomic mass is 9.69. The SMILES string of the molecule is CCC1CC(C2CCC(C)C2)CCC1C. The summed E-state index contributed by atoms with van der Waals surface area (Å²) in [6.07, 6.45) is 10.6. The van der Waals surface area contributed by atoms with Gasteiger partial charge >= 0.3 is 0 Å². The molecule has 0 amide bonds. The molecule has 88 valence electrons. The molecule has 0 saturated heterocycles. The van der Waals surface area contributed by atoms with Crippen molar-refractivity contribution < 1.29 is 0 Å². The van der Waals surface area contributed by atoms with Crippen molar-refractivity contribution in [3.8, 4) is 0 Å². The highest BCUT2D eigenvalue weighted by Gasteiger charge is 2.34. The van der Waals surface area contributed by atoms with Crippen LogP contribution in [-0.2, 0) is 0 Å². The van der Waals surface area contributed by atoms with Gasteiger partial charge in [-0.3, -0.25) is 0 Å². The van der Waals surface area contributed by atoms with Gasteiger partial charge in [0.25, 0.3) is 0 Å². The van der Waals surface area contributed by atoms with Gasteiger partial charge < -0.3 is 0 Å². The third-order valence-corrected chi connectivity index (χ3v) is 5.33. The summed E-state index contributed by atoms with van der Waals surface area (Å²) in [7, 11) is 0. The van der Waals surface area contributed by atoms with Crippen LogP contribution in [0.3, 0.4) is 0 Å². The average molecular weight is 208 g/mol. The summed E-state index contributed by atoms with van der Waals surface area (Å²) < 4.78 is 0. The second kappa shape index (κ2) is 4.89. The lowest BCUT2D eigenvalue weighted by Crippen LogP contribution is -2.26. The largest absolute Gasteiger partial charge is 0.0651 e. The minimum absolute atomic E-state index is 1.00. The maximum Gasteiger partial charge on any atom is -0.0383 e. The Morgan fingerprint density at radius 2 is 1.53 bits per heavy atom. The van der Waals surface area contributed by atoms with Gasteiger partial charge in [0.2, 0.25) is 0 Å². The second-order valence-electron chi connectivity index (χ2n) is 6.40. The van der Waals surface area contributed by atoms with E-state index in [4.69, 9.17) is 0 Å². The molecule has 2 fully saturated rings. The summed E-state index contributed by atoms with van der Waals surface area (Å²) >= 11 is 0. The van der Waals surface area contributed by atoms with E-state index in [1.807, 2.05) is 0 Å². The molecule has 0 nitrogen and oxygen atoms in total. The molecule has 5 atom stereocenters. The zero-order valence-electron chi connectivity index (χ0n) is 10.8. The second-order valence-corrected chi connectivity index (χ2v) is 6.40. The zero-order valence-corrected chi connectivity index (χ0v) is 10.8. The smallest absolute Gasteiger partial charge is 0.0383 e. The fraction of sp³-hybridized carbons (Fsp3) is 1.00. The highest BCUT2D eigenvalue weighted by atomic mass is 14.4. The van der Waals surface area contributed by atoms with Crippen LogP contribution in [0.5, 0.6) is 0 Å². The van der Waals surface area contributed by atoms with E-state index < -0.39 is 0 Å². The van der Waals surface area contributed by atoms with Gasteiger partial charge in [-0.15, -0.1) is 0 Å². The standard InChI is InChI=1S/C15H28/c1-4-13-10-15(8-6-12(13)3)14-7-5-11(2)9-14/h11-15H,4-10H2,1-3H3. The van der Waals surface area contributed by atoms with Crippen LogP contribution in [0.25, 0.3) is 0 Å². The Kier molecular flexibility index (Phi) is 3.74. The Morgan fingerprint density at radius 3 is 2.13 bits per heavy atom. The minimum Gasteiger partial charge on any atom is -0.0651 e. The van der Waals surface area contributed by atoms with Crippen molar-refractivity contribution in [3.05, 3.63) is 0 Å². The van der Waals surface area contributed by atoms with E-state index in [1.165, 1.54) is 38.5 Å². The topological polar surface area (TPSA) is 0 Å². The van der Waals surface area contributed by atoms with Crippen molar-refractivity contribution in [2.45, 2.75) is 65.7 Å². The van der Waals surface area contributed by atoms with Crippen molar-refractivity contribution in [3.63, 3.8) is 0 Å². The van der Waals surface area contributed by atoms with E-state index >= 15 is 0 Å². The summed E-state index contributed by atoms with van der Waals surface area (Å²) in [5.74, 6) is 5.26. The molecule has 15 heavy (non-hydrogen) atoms. The van der Waals surface area contributed by atoms with Crippen LogP contribution in [0.1, 0.15) is 65.7 Å². The zero-order chi connectivity index (χ0) is 10.8. The summed E-state index contributed by atoms with van der Waals surface area (Å²) in [4.78, 5) is 0. The molecule has 2 saturated carbocycles. The van der Waals surface area contributed by atoms with Crippen LogP contribution in [-0.4, -0.2) is 0 Å². The van der Waals surface area contributed by atoms with Crippen LogP contribution >= 0.6 is 0 Å². The third-order valence-electron chi connectivity index (χ3n) is 5.33. The Labute approximate surface area is 95.8 Å². The highest BCUT2D eigenvalue weighted by molar-refractivity contribution is 4.85. The summed E-state index contributed by atoms with van der Waals surface area (Å²) in [5, 5.41) is 0. The molecule has 0 aromatic carbocycles. The maximum atomic E-state index is 2.47. The molecule has 0 aliphatic heterocycles. The van der Waals surface area contributed by atoms with Gasteiger partial charge in [0.15, 0.2) is 0 Å². The molecule has 0 aromatic heterocycles. The third kappa shape index (κ3) is 2.57. The van der Waals surface area contributed by atoms with Crippen LogP contribution in [0.4, 0.5) is 0 Å². The molecule has 2 aliphatic carbocycles. The van der Waals surface area contributed by atoms with Crippen molar-refractivity contribution in [1.82, 2.24) is 0 Å². The van der Waals surface area contributed by atoms with Crippen molar-refractivity contribution in [1.29, 1.82) is 0 Å². The quantitative estimate of drug-likeness (QED) is 0.606. The fourth-order valence-corrected chi connectivity index (χ4v) is 4.13. The predicted molar refractivity (Wildman–Crippen MR) is 66.8 cm³/mol. The Morgan fingerprint density at radius 1 is 0.867 bits per heavy atom. The maximum absolute atomic E-state index is 2.47. The number of hydrogen-bond donors (Lipinski definition) is 0. The molecule has 5 unspecified atom stereocenters. The number of rotatable bonds is 2. The first kappa shape index (κ1) is 11.5. The Balaban J connectivity index is 1.88. The first-order valence-corrected chi connectivity index (χ1v) is 7.20. The van der Waals surface area contributed by atoms with Crippen LogP contribution in [0.15, 0.2) is 0 Å². The molecular formula is C15H28. The van der Waals surface area contributed by atoms with Gasteiger partial charge in [-0.1, -0.05) is 40.0 Å². The summed E-state index contributed by atoms with van der Waals surface area (Å²) in [5.41, 5.74) is 0. The van der Waals surface area contributed by atoms with E-state index in [0.717, 1.165) is 29.6 Å². The van der Waals surface area contributed by atoms with Gasteiger partial charge in [0.05, 0.1) is 0 Å². The molecule has 2 rings (SSSR count). The summed E-state index contributed by atoms with van der Waals surface area (Å²) in [6, 6.07) is 0. The monoisotopic (exact) mass is 208 g/mol. The first-order valence-electron chi connectivity index (χ1n) is 7.20. The van der Waals surface area contributed by atoms with E-state index in [0.29, 0.717) is 0 Å². The lowest BCUT2D eigenvalue weighted by molar-refractivity contribution is 0.142. The first-order chi connectivity index (χ1) is 7.20. The predicted octanol–water partition coefficient (Wildman–Crippen LogP) is 4.89. The van der Waals surface area contributed by atoms with E-state index in [-0.39, 0.29) is 0 Å². The molecule has 0 bridgehead atoms. The van der Waals surface area contributed by atoms with Crippen molar-refractivity contribution in [2.24, 2.45) is 29.6 Å². The minimum atomic E-state index is 1.00. The molecule has 0 radical (unpaired) electrons. The van der Waals surface area contributed by atoms with Gasteiger partial charge in [-0.05, 0) is 55.3 Å². The average Bonchev–Trinajstić information content (AvgIpc) is 2.66. The molecule has 0 spiro atoms. The molecule has 0 heteroatoms. The Hall–Kier alpha value is 0. The molecule has 0 N–H and O–H groups in total. The normalized spacial score (nSPS) is 47.0. The lowest BCUT2D eigenvalue weighted by Gasteiger charge is -2.37. The highest BCUT2D eigenvalue weighted by Crippen LogP contribution is 2.45. The molecule has 2 aliphatic rings. The van der Waals surface area contributed by atoms with Crippen molar-refractivity contribution in [2.75, 3.05) is 0 Å². The number of hydrogen-bond acceptors (Lipinski definition) is 0. The van der Waals surface area contributed by atoms with Gasteiger partial charge in [0.1, 0.15) is 0 Å². The van der Waals surface area contributed by atoms with Gasteiger partial charge in [-0.2, -0.15) is 0 Å². The van der Waals surface area contributed by atoms with Gasteiger partial charge in [-0.25, -0.2) is 0 Å². The fourth-order valence-electron chi connectivity index (χ4n) is 4.13. The van der Waals surface area contributed by atoms with E-state index in [9.17, 15) is 0 Å². The van der Waals surface area contributed by atoms with Crippen LogP contribution in [0.2, 0.25) is 0 Å². The molecule has 0 heterocycles. The van der Waals surface area contributed by atoms with E-state index in [1.54, 1.807) is 6.42 Å². The Bertz CT molecular complexity index is 196. The van der Waals surface area contributed by atoms with Crippen LogP contribution < -0.4 is 0 Å². The summed E-state index contributed by atoms with van der Waals surface area (Å²) in [6.45, 7) is 7.31. The van der Waals surface area contributed by atoms with E-state index in [2.05, 4.69) is 20.8 Å². The van der Waals surface area contributed by atoms with Crippen LogP contribution in [0, 0.1) is 29.6 Å².